The van der Waals surface area contributed by atoms with Gasteiger partial charge in [-0.3, -0.25) is 9.59 Å². The molecule has 0 heterocycles. The number of rotatable bonds is 11. The lowest BCUT2D eigenvalue weighted by Crippen LogP contribution is -2.27. The minimum atomic E-state index is -0.827. The normalized spacial score (nSPS) is 11.1. The average molecular weight is 386 g/mol. The van der Waals surface area contributed by atoms with Crippen molar-refractivity contribution in [3.63, 3.8) is 0 Å². The molecule has 0 saturated carbocycles. The van der Waals surface area contributed by atoms with E-state index in [1.54, 1.807) is 18.2 Å². The van der Waals surface area contributed by atoms with Crippen LogP contribution in [0.2, 0.25) is 0 Å². The molecule has 0 spiro atoms. The molecule has 0 radical (unpaired) electrons. The maximum Gasteiger partial charge on any atom is 0.316 e. The summed E-state index contributed by atoms with van der Waals surface area (Å²) in [6.45, 7) is 4.38. The summed E-state index contributed by atoms with van der Waals surface area (Å²) < 4.78 is 24.1. The van der Waals surface area contributed by atoms with E-state index in [-0.39, 0.29) is 5.78 Å². The van der Waals surface area contributed by atoms with Gasteiger partial charge in [-0.05, 0) is 25.0 Å². The standard InChI is InChI=1S/C19H28O5.H3OP/c1-5-7-10-14(19(21)24-13-8-6-2)18(20)17-15(22-3)11-9-12-16(17)23-4;1-2/h9,11-12,14H,5-8,10,13H2,1-4H3;2H3. The third-order valence-electron chi connectivity index (χ3n) is 3.86. The summed E-state index contributed by atoms with van der Waals surface area (Å²) in [6.07, 6.45) is 3.85. The van der Waals surface area contributed by atoms with E-state index >= 15 is 0 Å². The number of ketones is 1. The third kappa shape index (κ3) is 7.20. The van der Waals surface area contributed by atoms with E-state index in [2.05, 4.69) is 0 Å². The molecule has 0 aliphatic carbocycles. The van der Waals surface area contributed by atoms with E-state index in [1.165, 1.54) is 14.2 Å². The second-order valence-electron chi connectivity index (χ2n) is 5.62. The number of hydrogen-bond acceptors (Lipinski definition) is 6. The van der Waals surface area contributed by atoms with Crippen LogP contribution in [0.25, 0.3) is 0 Å². The summed E-state index contributed by atoms with van der Waals surface area (Å²) in [5.41, 5.74) is 0.302. The monoisotopic (exact) mass is 386 g/mol. The zero-order valence-corrected chi connectivity index (χ0v) is 17.6. The number of benzene rings is 1. The van der Waals surface area contributed by atoms with Crippen LogP contribution in [0.5, 0.6) is 11.5 Å². The number of carbonyl (C=O) groups excluding carboxylic acids is 2. The van der Waals surface area contributed by atoms with Crippen molar-refractivity contribution in [2.45, 2.75) is 46.0 Å². The minimum Gasteiger partial charge on any atom is -0.496 e. The zero-order chi connectivity index (χ0) is 19.9. The molecule has 1 aromatic carbocycles. The highest BCUT2D eigenvalue weighted by atomic mass is 31.0. The van der Waals surface area contributed by atoms with Crippen LogP contribution < -0.4 is 9.47 Å². The Balaban J connectivity index is 0.00000301. The molecule has 2 unspecified atom stereocenters. The molecule has 7 heteroatoms. The molecule has 0 N–H and O–H groups in total. The van der Waals surface area contributed by atoms with E-state index in [9.17, 15) is 9.59 Å². The molecule has 0 aliphatic heterocycles. The van der Waals surface area contributed by atoms with Crippen molar-refractivity contribution < 1.29 is 28.4 Å². The van der Waals surface area contributed by atoms with Crippen molar-refractivity contribution in [1.82, 2.24) is 0 Å². The first-order valence-corrected chi connectivity index (χ1v) is 9.39. The van der Waals surface area contributed by atoms with Crippen molar-refractivity contribution >= 4 is 20.9 Å². The molecule has 0 aliphatic rings. The average Bonchev–Trinajstić information content (AvgIpc) is 2.69. The van der Waals surface area contributed by atoms with Crippen LogP contribution in [-0.2, 0) is 14.1 Å². The Kier molecular flexibility index (Phi) is 13.4. The second-order valence-corrected chi connectivity index (χ2v) is 5.62. The first kappa shape index (κ1) is 24.2. The summed E-state index contributed by atoms with van der Waals surface area (Å²) in [6, 6.07) is 5.12. The maximum absolute atomic E-state index is 13.0. The van der Waals surface area contributed by atoms with Gasteiger partial charge in [-0.1, -0.05) is 39.2 Å². The largest absolute Gasteiger partial charge is 0.496 e. The van der Waals surface area contributed by atoms with Gasteiger partial charge in [0, 0.05) is 0 Å². The van der Waals surface area contributed by atoms with Crippen LogP contribution in [0.1, 0.15) is 56.3 Å². The predicted molar refractivity (Wildman–Crippen MR) is 105 cm³/mol. The number of ether oxygens (including phenoxy) is 3. The van der Waals surface area contributed by atoms with Gasteiger partial charge in [0.25, 0.3) is 0 Å². The van der Waals surface area contributed by atoms with E-state index in [0.717, 1.165) is 25.7 Å². The van der Waals surface area contributed by atoms with Crippen LogP contribution in [0, 0.1) is 5.92 Å². The van der Waals surface area contributed by atoms with Crippen molar-refractivity contribution in [2.24, 2.45) is 5.92 Å². The van der Waals surface area contributed by atoms with Gasteiger partial charge in [0.05, 0.1) is 29.9 Å². The number of Topliss-reactive ketones (excluding diaryl/α,β-unsaturated/α-hetero) is 1. The SMILES string of the molecule is CCCCOC(=O)C(CCCC)C(=O)c1c(OC)cccc1OC.O=[PH3]. The topological polar surface area (TPSA) is 78.9 Å². The summed E-state index contributed by atoms with van der Waals surface area (Å²) in [5, 5.41) is 0. The highest BCUT2D eigenvalue weighted by Crippen LogP contribution is 2.32. The van der Waals surface area contributed by atoms with Crippen molar-refractivity contribution in [3.8, 4) is 11.5 Å². The van der Waals surface area contributed by atoms with Gasteiger partial charge >= 0.3 is 5.97 Å². The van der Waals surface area contributed by atoms with Crippen LogP contribution in [0.15, 0.2) is 18.2 Å². The first-order valence-electron chi connectivity index (χ1n) is 8.81. The van der Waals surface area contributed by atoms with Crippen LogP contribution in [0.3, 0.4) is 0 Å². The van der Waals surface area contributed by atoms with Gasteiger partial charge in [-0.15, -0.1) is 0 Å². The Labute approximate surface area is 157 Å². The Bertz CT molecular complexity index is 539. The zero-order valence-electron chi connectivity index (χ0n) is 16.2. The number of unbranched alkanes of at least 4 members (excludes halogenated alkanes) is 2. The molecule has 0 amide bonds. The summed E-state index contributed by atoms with van der Waals surface area (Å²) in [4.78, 5) is 25.4. The molecule has 0 aromatic heterocycles. The first-order chi connectivity index (χ1) is 12.6. The van der Waals surface area contributed by atoms with Crippen molar-refractivity contribution in [1.29, 1.82) is 0 Å². The summed E-state index contributed by atoms with van der Waals surface area (Å²) >= 11 is 0. The molecule has 6 nitrogen and oxygen atoms in total. The smallest absolute Gasteiger partial charge is 0.316 e. The lowest BCUT2D eigenvalue weighted by Gasteiger charge is -2.18. The molecule has 0 bridgehead atoms. The molecule has 26 heavy (non-hydrogen) atoms. The van der Waals surface area contributed by atoms with Crippen molar-refractivity contribution in [3.05, 3.63) is 23.8 Å². The molecule has 1 rings (SSSR count). The Morgan fingerprint density at radius 2 is 1.54 bits per heavy atom. The number of carbonyl (C=O) groups is 2. The Hall–Kier alpha value is -1.81. The maximum atomic E-state index is 13.0. The predicted octanol–water partition coefficient (Wildman–Crippen LogP) is 3.98. The van der Waals surface area contributed by atoms with Crippen LogP contribution in [0.4, 0.5) is 0 Å². The van der Waals surface area contributed by atoms with Gasteiger partial charge in [-0.2, -0.15) is 0 Å². The Morgan fingerprint density at radius 1 is 1.00 bits per heavy atom. The van der Waals surface area contributed by atoms with Crippen LogP contribution in [-0.4, -0.2) is 32.6 Å². The van der Waals surface area contributed by atoms with Gasteiger partial charge in [-0.25, -0.2) is 0 Å². The molecule has 0 saturated heterocycles. The van der Waals surface area contributed by atoms with Gasteiger partial charge < -0.3 is 18.8 Å². The highest BCUT2D eigenvalue weighted by Gasteiger charge is 2.32. The molecular formula is C19H31O6P. The molecular weight excluding hydrogens is 355 g/mol. The molecule has 148 valence electrons. The fourth-order valence-electron chi connectivity index (χ4n) is 2.45. The summed E-state index contributed by atoms with van der Waals surface area (Å²) in [5.74, 6) is -0.787. The van der Waals surface area contributed by atoms with E-state index in [1.807, 2.05) is 13.8 Å². The lowest BCUT2D eigenvalue weighted by molar-refractivity contribution is -0.147. The second kappa shape index (κ2) is 14.4. The minimum absolute atomic E-state index is 0.302. The van der Waals surface area contributed by atoms with E-state index in [0.29, 0.717) is 39.2 Å². The van der Waals surface area contributed by atoms with Crippen molar-refractivity contribution in [2.75, 3.05) is 20.8 Å². The van der Waals surface area contributed by atoms with E-state index in [4.69, 9.17) is 18.8 Å². The van der Waals surface area contributed by atoms with E-state index < -0.39 is 11.9 Å². The van der Waals surface area contributed by atoms with Gasteiger partial charge in [0.1, 0.15) is 23.0 Å². The molecule has 1 aromatic rings. The summed E-state index contributed by atoms with van der Waals surface area (Å²) in [7, 11) is 3.60. The highest BCUT2D eigenvalue weighted by molar-refractivity contribution is 7.00. The number of hydrogen-bond donors (Lipinski definition) is 0. The lowest BCUT2D eigenvalue weighted by atomic mass is 9.91. The fourth-order valence-corrected chi connectivity index (χ4v) is 2.45. The molecule has 2 atom stereocenters. The quantitative estimate of drug-likeness (QED) is 0.188. The third-order valence-corrected chi connectivity index (χ3v) is 3.86. The van der Waals surface area contributed by atoms with Crippen LogP contribution >= 0.6 is 9.12 Å². The number of methoxy groups -OCH3 is 2. The van der Waals surface area contributed by atoms with Gasteiger partial charge in [0.15, 0.2) is 5.78 Å². The van der Waals surface area contributed by atoms with Gasteiger partial charge in [0.2, 0.25) is 0 Å². The molecule has 0 fully saturated rings. The Morgan fingerprint density at radius 3 is 2.00 bits per heavy atom. The number of esters is 1. The fraction of sp³-hybridized carbons (Fsp3) is 0.579.